The van der Waals surface area contributed by atoms with Crippen LogP contribution >= 0.6 is 15.9 Å². The Bertz CT molecular complexity index is 546. The molecule has 2 amide bonds. The number of carbonyl (C=O) groups is 2. The Morgan fingerprint density at radius 2 is 1.83 bits per heavy atom. The Labute approximate surface area is 151 Å². The molecular formula is C18H26BrFN2O2. The third kappa shape index (κ3) is 7.43. The van der Waals surface area contributed by atoms with Gasteiger partial charge in [0.15, 0.2) is 0 Å². The van der Waals surface area contributed by atoms with Crippen LogP contribution in [0.2, 0.25) is 0 Å². The summed E-state index contributed by atoms with van der Waals surface area (Å²) >= 11 is 3.33. The summed E-state index contributed by atoms with van der Waals surface area (Å²) in [6.45, 7) is 5.91. The molecule has 0 fully saturated rings. The number of rotatable bonds is 10. The predicted octanol–water partition coefficient (Wildman–Crippen LogP) is 4.02. The molecule has 0 radical (unpaired) electrons. The number of hydrogen-bond donors (Lipinski definition) is 1. The summed E-state index contributed by atoms with van der Waals surface area (Å²) in [5.74, 6) is -0.351. The molecule has 0 unspecified atom stereocenters. The van der Waals surface area contributed by atoms with Crippen LogP contribution < -0.4 is 5.32 Å². The van der Waals surface area contributed by atoms with Gasteiger partial charge < -0.3 is 10.2 Å². The normalized spacial score (nSPS) is 10.5. The van der Waals surface area contributed by atoms with Crippen molar-refractivity contribution in [1.82, 2.24) is 10.2 Å². The zero-order valence-electron chi connectivity index (χ0n) is 14.4. The first-order valence-corrected chi connectivity index (χ1v) is 9.25. The van der Waals surface area contributed by atoms with Crippen molar-refractivity contribution in [1.29, 1.82) is 0 Å². The van der Waals surface area contributed by atoms with Crippen LogP contribution in [0, 0.1) is 5.82 Å². The van der Waals surface area contributed by atoms with E-state index in [-0.39, 0.29) is 24.2 Å². The van der Waals surface area contributed by atoms with Crippen molar-refractivity contribution >= 4 is 27.7 Å². The topological polar surface area (TPSA) is 49.4 Å². The Morgan fingerprint density at radius 3 is 2.46 bits per heavy atom. The van der Waals surface area contributed by atoms with E-state index in [1.165, 1.54) is 12.1 Å². The fraction of sp³-hybridized carbons (Fsp3) is 0.556. The molecule has 0 bridgehead atoms. The van der Waals surface area contributed by atoms with Crippen LogP contribution in [0.1, 0.15) is 51.5 Å². The van der Waals surface area contributed by atoms with Crippen molar-refractivity contribution < 1.29 is 14.0 Å². The molecule has 4 nitrogen and oxygen atoms in total. The van der Waals surface area contributed by atoms with Crippen LogP contribution in [0.25, 0.3) is 0 Å². The minimum absolute atomic E-state index is 0.111. The largest absolute Gasteiger partial charge is 0.352 e. The van der Waals surface area contributed by atoms with Crippen LogP contribution in [0.5, 0.6) is 0 Å². The lowest BCUT2D eigenvalue weighted by Gasteiger charge is -2.21. The Morgan fingerprint density at radius 1 is 1.17 bits per heavy atom. The summed E-state index contributed by atoms with van der Waals surface area (Å²) < 4.78 is 13.9. The second kappa shape index (κ2) is 11.2. The van der Waals surface area contributed by atoms with E-state index in [4.69, 9.17) is 0 Å². The molecule has 1 N–H and O–H groups in total. The quantitative estimate of drug-likeness (QED) is 0.644. The first kappa shape index (κ1) is 20.6. The molecular weight excluding hydrogens is 375 g/mol. The molecule has 6 heteroatoms. The van der Waals surface area contributed by atoms with Crippen molar-refractivity contribution in [2.24, 2.45) is 0 Å². The van der Waals surface area contributed by atoms with Gasteiger partial charge in [0.05, 0.1) is 0 Å². The lowest BCUT2D eigenvalue weighted by atomic mass is 10.2. The van der Waals surface area contributed by atoms with E-state index in [0.717, 1.165) is 30.4 Å². The van der Waals surface area contributed by atoms with E-state index >= 15 is 0 Å². The SMILES string of the molecule is CCCN(CCC)C(=O)CCCC(=O)NCc1cc(F)ccc1Br. The van der Waals surface area contributed by atoms with E-state index in [1.54, 1.807) is 6.07 Å². The number of nitrogens with one attached hydrogen (secondary N) is 1. The third-order valence-corrected chi connectivity index (χ3v) is 4.39. The van der Waals surface area contributed by atoms with E-state index in [0.29, 0.717) is 24.8 Å². The van der Waals surface area contributed by atoms with Crippen LogP contribution in [0.4, 0.5) is 4.39 Å². The van der Waals surface area contributed by atoms with Crippen molar-refractivity contribution in [3.8, 4) is 0 Å². The first-order valence-electron chi connectivity index (χ1n) is 8.46. The molecule has 0 saturated carbocycles. The summed E-state index contributed by atoms with van der Waals surface area (Å²) in [4.78, 5) is 25.8. The second-order valence-electron chi connectivity index (χ2n) is 5.75. The van der Waals surface area contributed by atoms with E-state index < -0.39 is 0 Å². The van der Waals surface area contributed by atoms with E-state index in [2.05, 4.69) is 21.2 Å². The molecule has 24 heavy (non-hydrogen) atoms. The maximum Gasteiger partial charge on any atom is 0.222 e. The predicted molar refractivity (Wildman–Crippen MR) is 97.0 cm³/mol. The lowest BCUT2D eigenvalue weighted by molar-refractivity contribution is -0.131. The van der Waals surface area contributed by atoms with Crippen LogP contribution in [0.3, 0.4) is 0 Å². The zero-order valence-corrected chi connectivity index (χ0v) is 16.0. The maximum atomic E-state index is 13.2. The Hall–Kier alpha value is -1.43. The van der Waals surface area contributed by atoms with Gasteiger partial charge in [0.1, 0.15) is 5.82 Å². The van der Waals surface area contributed by atoms with Crippen LogP contribution in [0.15, 0.2) is 22.7 Å². The van der Waals surface area contributed by atoms with E-state index in [9.17, 15) is 14.0 Å². The van der Waals surface area contributed by atoms with Gasteiger partial charge in [-0.1, -0.05) is 29.8 Å². The van der Waals surface area contributed by atoms with Gasteiger partial charge in [-0.15, -0.1) is 0 Å². The monoisotopic (exact) mass is 400 g/mol. The molecule has 1 aromatic carbocycles. The summed E-state index contributed by atoms with van der Waals surface area (Å²) in [6.07, 6.45) is 3.09. The maximum absolute atomic E-state index is 13.2. The fourth-order valence-corrected chi connectivity index (χ4v) is 2.81. The molecule has 134 valence electrons. The van der Waals surface area contributed by atoms with Crippen molar-refractivity contribution in [3.05, 3.63) is 34.1 Å². The highest BCUT2D eigenvalue weighted by atomic mass is 79.9. The number of carbonyl (C=O) groups excluding carboxylic acids is 2. The molecule has 0 aliphatic carbocycles. The summed E-state index contributed by atoms with van der Waals surface area (Å²) in [5.41, 5.74) is 0.691. The first-order chi connectivity index (χ1) is 11.5. The number of benzene rings is 1. The minimum Gasteiger partial charge on any atom is -0.352 e. The molecule has 1 rings (SSSR count). The molecule has 0 aliphatic rings. The fourth-order valence-electron chi connectivity index (χ4n) is 2.42. The van der Waals surface area contributed by atoms with Gasteiger partial charge in [-0.25, -0.2) is 4.39 Å². The van der Waals surface area contributed by atoms with Gasteiger partial charge in [-0.2, -0.15) is 0 Å². The van der Waals surface area contributed by atoms with Crippen molar-refractivity contribution in [2.45, 2.75) is 52.5 Å². The molecule has 0 aliphatic heterocycles. The molecule has 0 atom stereocenters. The second-order valence-corrected chi connectivity index (χ2v) is 6.60. The average molecular weight is 401 g/mol. The highest BCUT2D eigenvalue weighted by Crippen LogP contribution is 2.17. The van der Waals surface area contributed by atoms with Crippen molar-refractivity contribution in [3.63, 3.8) is 0 Å². The summed E-state index contributed by atoms with van der Waals surface area (Å²) in [6, 6.07) is 4.37. The van der Waals surface area contributed by atoms with Gasteiger partial charge in [-0.05, 0) is 43.0 Å². The van der Waals surface area contributed by atoms with Gasteiger partial charge in [0.2, 0.25) is 11.8 Å². The molecule has 1 aromatic rings. The smallest absolute Gasteiger partial charge is 0.222 e. The highest BCUT2D eigenvalue weighted by molar-refractivity contribution is 9.10. The van der Waals surface area contributed by atoms with Gasteiger partial charge in [-0.3, -0.25) is 9.59 Å². The van der Waals surface area contributed by atoms with Crippen LogP contribution in [-0.4, -0.2) is 29.8 Å². The lowest BCUT2D eigenvalue weighted by Crippen LogP contribution is -2.32. The Balaban J connectivity index is 2.33. The number of amides is 2. The minimum atomic E-state index is -0.333. The summed E-state index contributed by atoms with van der Waals surface area (Å²) in [7, 11) is 0. The standard InChI is InChI=1S/C18H26BrFN2O2/c1-3-10-22(11-4-2)18(24)7-5-6-17(23)21-13-14-12-15(20)8-9-16(14)19/h8-9,12H,3-7,10-11,13H2,1-2H3,(H,21,23). The summed E-state index contributed by atoms with van der Waals surface area (Å²) in [5, 5.41) is 2.76. The molecule has 0 heterocycles. The Kier molecular flexibility index (Phi) is 9.60. The van der Waals surface area contributed by atoms with E-state index in [1.807, 2.05) is 18.7 Å². The van der Waals surface area contributed by atoms with Gasteiger partial charge >= 0.3 is 0 Å². The number of halogens is 2. The van der Waals surface area contributed by atoms with Crippen molar-refractivity contribution in [2.75, 3.05) is 13.1 Å². The zero-order chi connectivity index (χ0) is 17.9. The average Bonchev–Trinajstić information content (AvgIpc) is 2.55. The molecule has 0 saturated heterocycles. The molecule has 0 aromatic heterocycles. The third-order valence-electron chi connectivity index (χ3n) is 3.62. The van der Waals surface area contributed by atoms with Gasteiger partial charge in [0.25, 0.3) is 0 Å². The number of nitrogens with zero attached hydrogens (tertiary/aromatic N) is 1. The highest BCUT2D eigenvalue weighted by Gasteiger charge is 2.12. The van der Waals surface area contributed by atoms with Gasteiger partial charge in [0, 0.05) is 36.9 Å². The van der Waals surface area contributed by atoms with Crippen LogP contribution in [-0.2, 0) is 16.1 Å². The number of hydrogen-bond acceptors (Lipinski definition) is 2. The molecule has 0 spiro atoms.